The number of carbonyl (C=O) groups is 4. The standard InChI is InChI=1S/C91H178O17P2/c1-7-9-11-13-15-17-19-21-23-25-27-29-33-37-41-45-49-55-61-67-73-88(93)101-79-86(107-90(95)75-69-64-57-51-47-43-39-35-31-30-32-36-40-44-48-53-59-65-71-83(3)4)81-105-109(97,98)103-77-85(92)78-104-110(99,100)106-82-87(80-102-89(94)74-68-62-58-52-54-60-66-72-84(5)6)108-91(96)76-70-63-56-50-46-42-38-34-28-26-24-22-20-18-16-14-12-10-8-2/h83-87,92H,7-82H2,1-6H3,(H,97,98)(H,99,100)/t85-,86-,87-/m1/s1. The van der Waals surface area contributed by atoms with Gasteiger partial charge in [0.2, 0.25) is 0 Å². The molecule has 654 valence electrons. The molecule has 110 heavy (non-hydrogen) atoms. The third-order valence-corrected chi connectivity index (χ3v) is 23.4. The lowest BCUT2D eigenvalue weighted by Gasteiger charge is -2.21. The second-order valence-corrected chi connectivity index (χ2v) is 36.6. The van der Waals surface area contributed by atoms with E-state index in [0.29, 0.717) is 31.6 Å². The first-order valence-electron chi connectivity index (χ1n) is 47.0. The number of phosphoric ester groups is 2. The summed E-state index contributed by atoms with van der Waals surface area (Å²) in [6, 6.07) is 0. The Morgan fingerprint density at radius 1 is 0.245 bits per heavy atom. The minimum absolute atomic E-state index is 0.108. The van der Waals surface area contributed by atoms with Crippen LogP contribution in [0, 0.1) is 11.8 Å². The lowest BCUT2D eigenvalue weighted by atomic mass is 10.0. The number of unbranched alkanes of at least 4 members (excludes halogenated alkanes) is 60. The third-order valence-electron chi connectivity index (χ3n) is 21.5. The molecule has 0 aliphatic heterocycles. The van der Waals surface area contributed by atoms with Crippen LogP contribution in [0.3, 0.4) is 0 Å². The zero-order valence-corrected chi connectivity index (χ0v) is 74.4. The van der Waals surface area contributed by atoms with Crippen LogP contribution in [-0.4, -0.2) is 96.7 Å². The molecule has 5 atom stereocenters. The minimum atomic E-state index is -4.97. The van der Waals surface area contributed by atoms with E-state index in [9.17, 15) is 43.2 Å². The van der Waals surface area contributed by atoms with Crippen LogP contribution in [0.25, 0.3) is 0 Å². The van der Waals surface area contributed by atoms with E-state index in [4.69, 9.17) is 37.0 Å². The molecule has 2 unspecified atom stereocenters. The highest BCUT2D eigenvalue weighted by Crippen LogP contribution is 2.45. The molecule has 0 aromatic carbocycles. The van der Waals surface area contributed by atoms with Crippen molar-refractivity contribution in [3.63, 3.8) is 0 Å². The van der Waals surface area contributed by atoms with Crippen LogP contribution in [0.5, 0.6) is 0 Å². The summed E-state index contributed by atoms with van der Waals surface area (Å²) >= 11 is 0. The summed E-state index contributed by atoms with van der Waals surface area (Å²) in [5, 5.41) is 10.7. The van der Waals surface area contributed by atoms with Gasteiger partial charge < -0.3 is 33.8 Å². The van der Waals surface area contributed by atoms with Gasteiger partial charge in [-0.15, -0.1) is 0 Å². The van der Waals surface area contributed by atoms with Crippen molar-refractivity contribution in [2.75, 3.05) is 39.6 Å². The molecule has 0 aliphatic carbocycles. The Kier molecular flexibility index (Phi) is 80.7. The Morgan fingerprint density at radius 3 is 0.618 bits per heavy atom. The Balaban J connectivity index is 5.21. The highest BCUT2D eigenvalue weighted by Gasteiger charge is 2.31. The quantitative estimate of drug-likeness (QED) is 0.0222. The Bertz CT molecular complexity index is 2100. The number of hydrogen-bond donors (Lipinski definition) is 3. The summed E-state index contributed by atoms with van der Waals surface area (Å²) in [6.45, 7) is 9.68. The first kappa shape index (κ1) is 108. The molecule has 0 saturated carbocycles. The minimum Gasteiger partial charge on any atom is -0.462 e. The number of aliphatic hydroxyl groups excluding tert-OH is 1. The summed E-state index contributed by atoms with van der Waals surface area (Å²) in [5.41, 5.74) is 0. The molecule has 0 spiro atoms. The molecule has 0 rings (SSSR count). The average molecular weight is 1610 g/mol. The van der Waals surface area contributed by atoms with Crippen molar-refractivity contribution in [3.8, 4) is 0 Å². The van der Waals surface area contributed by atoms with E-state index >= 15 is 0 Å². The molecule has 0 aliphatic rings. The highest BCUT2D eigenvalue weighted by atomic mass is 31.2. The molecule has 19 heteroatoms. The summed E-state index contributed by atoms with van der Waals surface area (Å²) in [4.78, 5) is 73.4. The molecular weight excluding hydrogens is 1430 g/mol. The lowest BCUT2D eigenvalue weighted by molar-refractivity contribution is -0.161. The van der Waals surface area contributed by atoms with Crippen LogP contribution in [-0.2, 0) is 65.4 Å². The van der Waals surface area contributed by atoms with Gasteiger partial charge >= 0.3 is 39.5 Å². The van der Waals surface area contributed by atoms with Gasteiger partial charge in [-0.05, 0) is 37.5 Å². The predicted octanol–water partition coefficient (Wildman–Crippen LogP) is 28.2. The van der Waals surface area contributed by atoms with Gasteiger partial charge in [0, 0.05) is 25.7 Å². The molecule has 0 fully saturated rings. The summed E-state index contributed by atoms with van der Waals surface area (Å²) in [5.74, 6) is -0.572. The number of phosphoric acid groups is 2. The van der Waals surface area contributed by atoms with Crippen LogP contribution in [0.15, 0.2) is 0 Å². The monoisotopic (exact) mass is 1610 g/mol. The van der Waals surface area contributed by atoms with E-state index in [0.717, 1.165) is 102 Å². The Labute approximate surface area is 677 Å². The molecule has 0 radical (unpaired) electrons. The summed E-state index contributed by atoms with van der Waals surface area (Å²) in [7, 11) is -9.93. The van der Waals surface area contributed by atoms with Crippen molar-refractivity contribution in [3.05, 3.63) is 0 Å². The first-order chi connectivity index (χ1) is 53.4. The van der Waals surface area contributed by atoms with Crippen molar-refractivity contribution in [1.29, 1.82) is 0 Å². The second-order valence-electron chi connectivity index (χ2n) is 33.6. The Hall–Kier alpha value is -1.94. The maximum atomic E-state index is 13.2. The Morgan fingerprint density at radius 2 is 0.418 bits per heavy atom. The number of esters is 4. The van der Waals surface area contributed by atoms with Crippen molar-refractivity contribution < 1.29 is 80.2 Å². The number of rotatable bonds is 90. The molecule has 0 saturated heterocycles. The number of carbonyl (C=O) groups excluding carboxylic acids is 4. The van der Waals surface area contributed by atoms with Crippen molar-refractivity contribution in [2.45, 2.75) is 509 Å². The van der Waals surface area contributed by atoms with Gasteiger partial charge in [0.15, 0.2) is 12.2 Å². The van der Waals surface area contributed by atoms with Crippen LogP contribution in [0.1, 0.15) is 491 Å². The van der Waals surface area contributed by atoms with Crippen LogP contribution in [0.2, 0.25) is 0 Å². The fourth-order valence-electron chi connectivity index (χ4n) is 14.3. The van der Waals surface area contributed by atoms with E-state index in [1.165, 1.54) is 302 Å². The molecule has 0 bridgehead atoms. The van der Waals surface area contributed by atoms with Crippen LogP contribution < -0.4 is 0 Å². The highest BCUT2D eigenvalue weighted by molar-refractivity contribution is 7.47. The lowest BCUT2D eigenvalue weighted by Crippen LogP contribution is -2.30. The average Bonchev–Trinajstić information content (AvgIpc) is 0.896. The van der Waals surface area contributed by atoms with Crippen molar-refractivity contribution in [2.24, 2.45) is 11.8 Å². The third kappa shape index (κ3) is 84.0. The molecule has 0 heterocycles. The van der Waals surface area contributed by atoms with Crippen LogP contribution >= 0.6 is 15.6 Å². The van der Waals surface area contributed by atoms with Crippen LogP contribution in [0.4, 0.5) is 0 Å². The topological polar surface area (TPSA) is 237 Å². The molecular formula is C91H178O17P2. The van der Waals surface area contributed by atoms with E-state index in [-0.39, 0.29) is 25.7 Å². The van der Waals surface area contributed by atoms with E-state index in [2.05, 4.69) is 41.5 Å². The molecule has 3 N–H and O–H groups in total. The fraction of sp³-hybridized carbons (Fsp3) is 0.956. The van der Waals surface area contributed by atoms with E-state index in [1.54, 1.807) is 0 Å². The van der Waals surface area contributed by atoms with Gasteiger partial charge in [0.05, 0.1) is 26.4 Å². The maximum Gasteiger partial charge on any atom is 0.472 e. The first-order valence-corrected chi connectivity index (χ1v) is 50.0. The largest absolute Gasteiger partial charge is 0.472 e. The van der Waals surface area contributed by atoms with Gasteiger partial charge in [0.1, 0.15) is 19.3 Å². The van der Waals surface area contributed by atoms with Gasteiger partial charge in [-0.1, -0.05) is 440 Å². The zero-order valence-electron chi connectivity index (χ0n) is 72.6. The molecule has 17 nitrogen and oxygen atoms in total. The molecule has 0 amide bonds. The number of aliphatic hydroxyl groups is 1. The zero-order chi connectivity index (χ0) is 80.6. The van der Waals surface area contributed by atoms with E-state index < -0.39 is 97.5 Å². The number of ether oxygens (including phenoxy) is 4. The summed E-state index contributed by atoms with van der Waals surface area (Å²) in [6.07, 6.45) is 76.7. The van der Waals surface area contributed by atoms with Gasteiger partial charge in [-0.2, -0.15) is 0 Å². The number of hydrogen-bond acceptors (Lipinski definition) is 15. The maximum absolute atomic E-state index is 13.2. The summed E-state index contributed by atoms with van der Waals surface area (Å²) < 4.78 is 69.0. The second kappa shape index (κ2) is 82.2. The van der Waals surface area contributed by atoms with Gasteiger partial charge in [-0.3, -0.25) is 37.3 Å². The molecule has 0 aromatic rings. The smallest absolute Gasteiger partial charge is 0.462 e. The SMILES string of the molecule is CCCCCCCCCCCCCCCCCCCCCCC(=O)OC[C@H](COP(=O)(O)OC[C@@H](O)COP(=O)(O)OC[C@@H](COC(=O)CCCCCCCCCC(C)C)OC(=O)CCCCCCCCCCCCCCCCCCCCC)OC(=O)CCCCCCCCCCCCCCCCCCCCC(C)C. The van der Waals surface area contributed by atoms with E-state index in [1.807, 2.05) is 0 Å². The predicted molar refractivity (Wildman–Crippen MR) is 455 cm³/mol. The fourth-order valence-corrected chi connectivity index (χ4v) is 15.9. The van der Waals surface area contributed by atoms with Crippen molar-refractivity contribution >= 4 is 39.5 Å². The van der Waals surface area contributed by atoms with Gasteiger partial charge in [0.25, 0.3) is 0 Å². The molecule has 0 aromatic heterocycles. The van der Waals surface area contributed by atoms with Gasteiger partial charge in [-0.25, -0.2) is 9.13 Å². The normalized spacial score (nSPS) is 13.7. The van der Waals surface area contributed by atoms with Crippen molar-refractivity contribution in [1.82, 2.24) is 0 Å².